The van der Waals surface area contributed by atoms with Gasteiger partial charge in [-0.15, -0.1) is 0 Å². The Bertz CT molecular complexity index is 271. The van der Waals surface area contributed by atoms with Crippen LogP contribution in [-0.2, 0) is 0 Å². The van der Waals surface area contributed by atoms with Gasteiger partial charge >= 0.3 is 0 Å². The van der Waals surface area contributed by atoms with Gasteiger partial charge in [-0.2, -0.15) is 0 Å². The third-order valence-corrected chi connectivity index (χ3v) is 2.98. The molecule has 2 nitrogen and oxygen atoms in total. The fourth-order valence-corrected chi connectivity index (χ4v) is 2.00. The van der Waals surface area contributed by atoms with E-state index < -0.39 is 0 Å². The summed E-state index contributed by atoms with van der Waals surface area (Å²) in [6, 6.07) is 11.1. The number of hydrogen-bond donors (Lipinski definition) is 1. The van der Waals surface area contributed by atoms with E-state index in [1.807, 2.05) is 7.05 Å². The fraction of sp³-hybridized carbons (Fsp3) is 0.571. The lowest BCUT2D eigenvalue weighted by atomic mass is 10.1. The van der Waals surface area contributed by atoms with Gasteiger partial charge in [0.1, 0.15) is 0 Å². The summed E-state index contributed by atoms with van der Waals surface area (Å²) in [5.74, 6) is 0. The van der Waals surface area contributed by atoms with E-state index in [1.54, 1.807) is 0 Å². The van der Waals surface area contributed by atoms with Crippen LogP contribution in [0, 0.1) is 0 Å². The van der Waals surface area contributed by atoms with Gasteiger partial charge in [-0.3, -0.25) is 0 Å². The second-order valence-electron chi connectivity index (χ2n) is 4.15. The van der Waals surface area contributed by atoms with Gasteiger partial charge in [0.15, 0.2) is 0 Å². The molecule has 0 aromatic heterocycles. The monoisotopic (exact) mass is 220 g/mol. The minimum Gasteiger partial charge on any atom is -0.312 e. The maximum atomic E-state index is 3.40. The average Bonchev–Trinajstić information content (AvgIpc) is 2.35. The zero-order valence-corrected chi connectivity index (χ0v) is 10.7. The van der Waals surface area contributed by atoms with Crippen LogP contribution >= 0.6 is 0 Å². The van der Waals surface area contributed by atoms with E-state index in [9.17, 15) is 0 Å². The Morgan fingerprint density at radius 2 is 1.88 bits per heavy atom. The highest BCUT2D eigenvalue weighted by Crippen LogP contribution is 2.13. The quantitative estimate of drug-likeness (QED) is 0.760. The number of nitrogens with zero attached hydrogens (tertiary/aromatic N) is 1. The van der Waals surface area contributed by atoms with Gasteiger partial charge in [0, 0.05) is 12.6 Å². The van der Waals surface area contributed by atoms with Gasteiger partial charge in [-0.05, 0) is 32.1 Å². The van der Waals surface area contributed by atoms with E-state index >= 15 is 0 Å². The molecule has 2 heteroatoms. The first kappa shape index (κ1) is 13.2. The van der Waals surface area contributed by atoms with Crippen molar-refractivity contribution in [1.29, 1.82) is 0 Å². The average molecular weight is 220 g/mol. The molecule has 1 rings (SSSR count). The molecule has 1 atom stereocenters. The Balaban J connectivity index is 2.61. The Hall–Kier alpha value is -0.860. The van der Waals surface area contributed by atoms with Gasteiger partial charge in [-0.1, -0.05) is 44.2 Å². The number of likely N-dealkylation sites (N-methyl/N-ethyl adjacent to an activating group) is 2. The highest BCUT2D eigenvalue weighted by atomic mass is 15.1. The van der Waals surface area contributed by atoms with Crippen molar-refractivity contribution in [2.75, 3.05) is 26.7 Å². The molecule has 0 fully saturated rings. The molecule has 0 radical (unpaired) electrons. The molecular weight excluding hydrogens is 196 g/mol. The topological polar surface area (TPSA) is 15.3 Å². The lowest BCUT2D eigenvalue weighted by molar-refractivity contribution is 0.259. The summed E-state index contributed by atoms with van der Waals surface area (Å²) in [4.78, 5) is 2.49. The number of rotatable bonds is 7. The summed E-state index contributed by atoms with van der Waals surface area (Å²) < 4.78 is 0. The number of hydrogen-bond acceptors (Lipinski definition) is 2. The summed E-state index contributed by atoms with van der Waals surface area (Å²) in [6.45, 7) is 7.86. The molecule has 16 heavy (non-hydrogen) atoms. The van der Waals surface area contributed by atoms with Crippen LogP contribution in [0.15, 0.2) is 30.3 Å². The fourth-order valence-electron chi connectivity index (χ4n) is 2.00. The van der Waals surface area contributed by atoms with E-state index in [1.165, 1.54) is 18.5 Å². The molecular formula is C14H24N2. The summed E-state index contributed by atoms with van der Waals surface area (Å²) in [7, 11) is 2.04. The maximum Gasteiger partial charge on any atom is 0.0446 e. The van der Waals surface area contributed by atoms with Crippen LogP contribution in [0.25, 0.3) is 0 Å². The van der Waals surface area contributed by atoms with E-state index in [2.05, 4.69) is 54.4 Å². The Morgan fingerprint density at radius 1 is 1.19 bits per heavy atom. The minimum absolute atomic E-state index is 0.438. The first-order valence-corrected chi connectivity index (χ1v) is 6.26. The Kier molecular flexibility index (Phi) is 6.12. The van der Waals surface area contributed by atoms with Crippen LogP contribution in [0.5, 0.6) is 0 Å². The molecule has 1 aromatic rings. The Labute approximate surface area is 99.7 Å². The van der Waals surface area contributed by atoms with Crippen LogP contribution in [0.2, 0.25) is 0 Å². The molecule has 0 heterocycles. The molecule has 0 bridgehead atoms. The van der Waals surface area contributed by atoms with Gasteiger partial charge in [-0.25, -0.2) is 0 Å². The standard InChI is InChI=1S/C14H24N2/c1-4-11-16(5-2)12-14(15-3)13-9-7-6-8-10-13/h6-10,14-15H,4-5,11-12H2,1-3H3. The first-order valence-electron chi connectivity index (χ1n) is 6.26. The van der Waals surface area contributed by atoms with E-state index in [4.69, 9.17) is 0 Å². The second-order valence-corrected chi connectivity index (χ2v) is 4.15. The summed E-state index contributed by atoms with van der Waals surface area (Å²) in [6.07, 6.45) is 1.22. The predicted octanol–water partition coefficient (Wildman–Crippen LogP) is 2.68. The largest absolute Gasteiger partial charge is 0.312 e. The van der Waals surface area contributed by atoms with Gasteiger partial charge < -0.3 is 10.2 Å². The molecule has 1 N–H and O–H groups in total. The highest BCUT2D eigenvalue weighted by molar-refractivity contribution is 5.19. The molecule has 90 valence electrons. The zero-order chi connectivity index (χ0) is 11.8. The lowest BCUT2D eigenvalue weighted by Crippen LogP contribution is -2.34. The van der Waals surface area contributed by atoms with Gasteiger partial charge in [0.05, 0.1) is 0 Å². The molecule has 0 saturated heterocycles. The molecule has 0 saturated carbocycles. The molecule has 0 aliphatic rings. The number of benzene rings is 1. The lowest BCUT2D eigenvalue weighted by Gasteiger charge is -2.26. The molecule has 0 spiro atoms. The summed E-state index contributed by atoms with van der Waals surface area (Å²) in [5.41, 5.74) is 1.37. The van der Waals surface area contributed by atoms with E-state index in [0.29, 0.717) is 6.04 Å². The van der Waals surface area contributed by atoms with Crippen molar-refractivity contribution in [3.8, 4) is 0 Å². The molecule has 1 unspecified atom stereocenters. The van der Waals surface area contributed by atoms with Crippen molar-refractivity contribution < 1.29 is 0 Å². The van der Waals surface area contributed by atoms with Crippen molar-refractivity contribution in [1.82, 2.24) is 10.2 Å². The summed E-state index contributed by atoms with van der Waals surface area (Å²) in [5, 5.41) is 3.40. The zero-order valence-electron chi connectivity index (χ0n) is 10.7. The minimum atomic E-state index is 0.438. The van der Waals surface area contributed by atoms with Crippen molar-refractivity contribution in [3.63, 3.8) is 0 Å². The van der Waals surface area contributed by atoms with Crippen molar-refractivity contribution >= 4 is 0 Å². The van der Waals surface area contributed by atoms with Gasteiger partial charge in [0.25, 0.3) is 0 Å². The van der Waals surface area contributed by atoms with Crippen LogP contribution < -0.4 is 5.32 Å². The maximum absolute atomic E-state index is 3.40. The van der Waals surface area contributed by atoms with E-state index in [-0.39, 0.29) is 0 Å². The molecule has 0 aliphatic heterocycles. The van der Waals surface area contributed by atoms with Crippen LogP contribution in [-0.4, -0.2) is 31.6 Å². The predicted molar refractivity (Wildman–Crippen MR) is 70.6 cm³/mol. The first-order chi connectivity index (χ1) is 7.81. The van der Waals surface area contributed by atoms with Gasteiger partial charge in [0.2, 0.25) is 0 Å². The van der Waals surface area contributed by atoms with Crippen molar-refractivity contribution in [2.45, 2.75) is 26.3 Å². The highest BCUT2D eigenvalue weighted by Gasteiger charge is 2.12. The Morgan fingerprint density at radius 3 is 2.38 bits per heavy atom. The normalized spacial score (nSPS) is 13.0. The molecule has 1 aromatic carbocycles. The van der Waals surface area contributed by atoms with Crippen molar-refractivity contribution in [2.24, 2.45) is 0 Å². The van der Waals surface area contributed by atoms with Crippen LogP contribution in [0.1, 0.15) is 31.9 Å². The summed E-state index contributed by atoms with van der Waals surface area (Å²) >= 11 is 0. The van der Waals surface area contributed by atoms with Crippen molar-refractivity contribution in [3.05, 3.63) is 35.9 Å². The van der Waals surface area contributed by atoms with Crippen LogP contribution in [0.3, 0.4) is 0 Å². The third-order valence-electron chi connectivity index (χ3n) is 2.98. The smallest absolute Gasteiger partial charge is 0.0446 e. The second kappa shape index (κ2) is 7.42. The number of nitrogens with one attached hydrogen (secondary N) is 1. The SMILES string of the molecule is CCCN(CC)CC(NC)c1ccccc1. The van der Waals surface area contributed by atoms with E-state index in [0.717, 1.165) is 13.1 Å². The third kappa shape index (κ3) is 3.95. The molecule has 0 amide bonds. The molecule has 0 aliphatic carbocycles. The van der Waals surface area contributed by atoms with Crippen LogP contribution in [0.4, 0.5) is 0 Å².